The predicted octanol–water partition coefficient (Wildman–Crippen LogP) is 4.25. The van der Waals surface area contributed by atoms with E-state index in [9.17, 15) is 14.4 Å². The number of aromatic nitrogens is 2. The molecule has 2 rings (SSSR count). The Hall–Kier alpha value is -3.20. The number of aromatic amines is 1. The van der Waals surface area contributed by atoms with E-state index >= 15 is 0 Å². The summed E-state index contributed by atoms with van der Waals surface area (Å²) in [7, 11) is 0. The highest BCUT2D eigenvalue weighted by Gasteiger charge is 2.41. The van der Waals surface area contributed by atoms with Gasteiger partial charge in [0.2, 0.25) is 0 Å². The van der Waals surface area contributed by atoms with Crippen LogP contribution in [-0.4, -0.2) is 44.5 Å². The van der Waals surface area contributed by atoms with Crippen molar-refractivity contribution in [1.29, 1.82) is 0 Å². The number of carbonyl (C=O) groups is 3. The van der Waals surface area contributed by atoms with Gasteiger partial charge in [-0.15, -0.1) is 0 Å². The van der Waals surface area contributed by atoms with Crippen LogP contribution in [0, 0.1) is 24.7 Å². The largest absolute Gasteiger partial charge is 0.459 e. The molecule has 37 heavy (non-hydrogen) atoms. The van der Waals surface area contributed by atoms with E-state index < -0.39 is 35.4 Å². The maximum absolute atomic E-state index is 13.3. The zero-order chi connectivity index (χ0) is 28.1. The molecule has 1 heterocycles. The number of benzene rings is 1. The van der Waals surface area contributed by atoms with Crippen molar-refractivity contribution in [2.45, 2.75) is 86.5 Å². The third kappa shape index (κ3) is 7.64. The summed E-state index contributed by atoms with van der Waals surface area (Å²) in [5, 5.41) is 0.838. The fraction of sp³-hybridized carbons (Fsp3) is 0.571. The van der Waals surface area contributed by atoms with Gasteiger partial charge >= 0.3 is 11.9 Å². The molecule has 0 aliphatic rings. The van der Waals surface area contributed by atoms with E-state index in [-0.39, 0.29) is 24.4 Å². The smallest absolute Gasteiger partial charge is 0.331 e. The molecular formula is C28H42N4O5. The average Bonchev–Trinajstić information content (AvgIpc) is 3.31. The van der Waals surface area contributed by atoms with E-state index in [1.54, 1.807) is 61.0 Å². The number of hydrazine groups is 1. The zero-order valence-corrected chi connectivity index (χ0v) is 23.5. The molecule has 0 saturated carbocycles. The third-order valence-electron chi connectivity index (χ3n) is 6.33. The van der Waals surface area contributed by atoms with Gasteiger partial charge in [-0.3, -0.25) is 14.6 Å². The maximum Gasteiger partial charge on any atom is 0.331 e. The van der Waals surface area contributed by atoms with Gasteiger partial charge in [0, 0.05) is 17.8 Å². The Balaban J connectivity index is 2.20. The van der Waals surface area contributed by atoms with E-state index in [4.69, 9.17) is 15.3 Å². The number of amides is 1. The van der Waals surface area contributed by atoms with Crippen LogP contribution in [0.4, 0.5) is 0 Å². The van der Waals surface area contributed by atoms with Crippen LogP contribution in [-0.2, 0) is 30.5 Å². The normalized spacial score (nSPS) is 14.3. The van der Waals surface area contributed by atoms with Crippen molar-refractivity contribution in [3.63, 3.8) is 0 Å². The van der Waals surface area contributed by atoms with Crippen LogP contribution in [0.3, 0.4) is 0 Å². The van der Waals surface area contributed by atoms with Crippen LogP contribution in [0.15, 0.2) is 30.7 Å². The molecule has 1 aromatic heterocycles. The number of hydrogen-bond donors (Lipinski definition) is 2. The van der Waals surface area contributed by atoms with Crippen molar-refractivity contribution >= 4 is 17.8 Å². The number of hydrogen-bond acceptors (Lipinski definition) is 7. The summed E-state index contributed by atoms with van der Waals surface area (Å²) in [4.78, 5) is 46.5. The van der Waals surface area contributed by atoms with E-state index in [1.165, 1.54) is 0 Å². The zero-order valence-electron chi connectivity index (χ0n) is 23.5. The molecule has 204 valence electrons. The molecule has 0 saturated heterocycles. The van der Waals surface area contributed by atoms with Gasteiger partial charge in [0.25, 0.3) is 5.91 Å². The molecule has 1 aromatic carbocycles. The Labute approximate surface area is 220 Å². The maximum atomic E-state index is 13.3. The van der Waals surface area contributed by atoms with Crippen LogP contribution >= 0.6 is 0 Å². The minimum Gasteiger partial charge on any atom is -0.459 e. The van der Waals surface area contributed by atoms with E-state index in [2.05, 4.69) is 16.9 Å². The number of imidazole rings is 1. The van der Waals surface area contributed by atoms with E-state index in [1.807, 2.05) is 25.1 Å². The SMILES string of the molecule is Cc1c(COC(=O)C(C(C)C)N(N)C(=O)C(C(=O)OC(C)(C)C)C(C)C)cccc1[C@H](C)c1cnc[nH]1. The van der Waals surface area contributed by atoms with Crippen molar-refractivity contribution in [3.05, 3.63) is 53.1 Å². The number of nitrogens with two attached hydrogens (primary N) is 1. The summed E-state index contributed by atoms with van der Waals surface area (Å²) in [6.45, 7) is 16.3. The highest BCUT2D eigenvalue weighted by molar-refractivity contribution is 5.99. The first-order chi connectivity index (χ1) is 17.2. The minimum atomic E-state index is -1.14. The molecule has 1 amide bonds. The first-order valence-corrected chi connectivity index (χ1v) is 12.7. The average molecular weight is 515 g/mol. The number of esters is 2. The molecule has 3 atom stereocenters. The van der Waals surface area contributed by atoms with Gasteiger partial charge in [-0.1, -0.05) is 52.8 Å². The molecule has 0 spiro atoms. The fourth-order valence-electron chi connectivity index (χ4n) is 4.26. The molecule has 2 unspecified atom stereocenters. The fourth-order valence-corrected chi connectivity index (χ4v) is 4.26. The Morgan fingerprint density at radius 2 is 1.70 bits per heavy atom. The monoisotopic (exact) mass is 514 g/mol. The summed E-state index contributed by atoms with van der Waals surface area (Å²) >= 11 is 0. The number of ether oxygens (including phenoxy) is 2. The Kier molecular flexibility index (Phi) is 10.0. The van der Waals surface area contributed by atoms with Crippen molar-refractivity contribution in [3.8, 4) is 0 Å². The molecule has 3 N–H and O–H groups in total. The Bertz CT molecular complexity index is 1070. The number of nitrogens with one attached hydrogen (secondary N) is 1. The lowest BCUT2D eigenvalue weighted by molar-refractivity contribution is -0.171. The summed E-state index contributed by atoms with van der Waals surface area (Å²) in [5.41, 5.74) is 3.17. The second-order valence-corrected chi connectivity index (χ2v) is 11.2. The third-order valence-corrected chi connectivity index (χ3v) is 6.33. The minimum absolute atomic E-state index is 0.0269. The van der Waals surface area contributed by atoms with Gasteiger partial charge < -0.3 is 14.5 Å². The van der Waals surface area contributed by atoms with E-state index in [0.29, 0.717) is 0 Å². The first-order valence-electron chi connectivity index (χ1n) is 12.7. The van der Waals surface area contributed by atoms with Crippen LogP contribution in [0.5, 0.6) is 0 Å². The van der Waals surface area contributed by atoms with Gasteiger partial charge in [0.1, 0.15) is 24.2 Å². The molecule has 2 aromatic rings. The molecule has 9 nitrogen and oxygen atoms in total. The highest BCUT2D eigenvalue weighted by atomic mass is 16.6. The van der Waals surface area contributed by atoms with Gasteiger partial charge in [-0.05, 0) is 56.2 Å². The summed E-state index contributed by atoms with van der Waals surface area (Å²) in [5.74, 6) is 2.43. The van der Waals surface area contributed by atoms with Gasteiger partial charge in [0.05, 0.1) is 6.33 Å². The molecule has 0 aliphatic heterocycles. The molecule has 0 fully saturated rings. The molecule has 0 radical (unpaired) electrons. The van der Waals surface area contributed by atoms with Crippen molar-refractivity contribution in [1.82, 2.24) is 15.0 Å². The summed E-state index contributed by atoms with van der Waals surface area (Å²) < 4.78 is 11.1. The van der Waals surface area contributed by atoms with Crippen molar-refractivity contribution in [2.24, 2.45) is 23.6 Å². The first kappa shape index (κ1) is 30.0. The van der Waals surface area contributed by atoms with Crippen LogP contribution in [0.25, 0.3) is 0 Å². The van der Waals surface area contributed by atoms with Crippen LogP contribution < -0.4 is 5.84 Å². The number of carbonyl (C=O) groups excluding carboxylic acids is 3. The second-order valence-electron chi connectivity index (χ2n) is 11.2. The standard InChI is InChI=1S/C28H42N4O5/c1-16(2)23(26(34)37-28(7,8)9)25(33)32(29)24(17(3)4)27(35)36-14-20-11-10-12-21(18(20)5)19(6)22-13-30-15-31-22/h10-13,15-17,19,23-24H,14,29H2,1-9H3,(H,30,31)/t19-,23?,24?/m0/s1. The van der Waals surface area contributed by atoms with Gasteiger partial charge in [-0.2, -0.15) is 0 Å². The predicted molar refractivity (Wildman–Crippen MR) is 141 cm³/mol. The van der Waals surface area contributed by atoms with Crippen molar-refractivity contribution in [2.75, 3.05) is 0 Å². The van der Waals surface area contributed by atoms with Gasteiger partial charge in [0.15, 0.2) is 0 Å². The second kappa shape index (κ2) is 12.4. The lowest BCUT2D eigenvalue weighted by Gasteiger charge is -2.33. The lowest BCUT2D eigenvalue weighted by atomic mass is 9.91. The van der Waals surface area contributed by atoms with Crippen LogP contribution in [0.1, 0.15) is 83.7 Å². The van der Waals surface area contributed by atoms with Crippen LogP contribution in [0.2, 0.25) is 0 Å². The summed E-state index contributed by atoms with van der Waals surface area (Å²) in [6.07, 6.45) is 3.43. The Morgan fingerprint density at radius 1 is 1.05 bits per heavy atom. The number of rotatable bonds is 10. The number of H-pyrrole nitrogens is 1. The quantitative estimate of drug-likeness (QED) is 0.159. The summed E-state index contributed by atoms with van der Waals surface area (Å²) in [6, 6.07) is 4.79. The highest BCUT2D eigenvalue weighted by Crippen LogP contribution is 2.28. The molecule has 9 heteroatoms. The number of nitrogens with zero attached hydrogens (tertiary/aromatic N) is 2. The lowest BCUT2D eigenvalue weighted by Crippen LogP contribution is -2.56. The van der Waals surface area contributed by atoms with Gasteiger partial charge in [-0.25, -0.2) is 15.6 Å². The molecule has 0 bridgehead atoms. The topological polar surface area (TPSA) is 128 Å². The Morgan fingerprint density at radius 3 is 2.22 bits per heavy atom. The van der Waals surface area contributed by atoms with Crippen molar-refractivity contribution < 1.29 is 23.9 Å². The van der Waals surface area contributed by atoms with E-state index in [0.717, 1.165) is 27.4 Å². The molecule has 0 aliphatic carbocycles. The molecular weight excluding hydrogens is 472 g/mol.